The summed E-state index contributed by atoms with van der Waals surface area (Å²) in [5.41, 5.74) is 1.80. The topological polar surface area (TPSA) is 83.0 Å². The van der Waals surface area contributed by atoms with Gasteiger partial charge in [0, 0.05) is 39.3 Å². The van der Waals surface area contributed by atoms with Crippen LogP contribution in [0.2, 0.25) is 0 Å². The van der Waals surface area contributed by atoms with Gasteiger partial charge in [-0.1, -0.05) is 19.1 Å². The molecule has 2 unspecified atom stereocenters. The molecule has 1 fully saturated rings. The summed E-state index contributed by atoms with van der Waals surface area (Å²) in [6, 6.07) is 7.65. The first kappa shape index (κ1) is 22.2. The van der Waals surface area contributed by atoms with Crippen LogP contribution < -0.4 is 10.6 Å². The van der Waals surface area contributed by atoms with Gasteiger partial charge < -0.3 is 20.3 Å². The maximum absolute atomic E-state index is 11.8. The van der Waals surface area contributed by atoms with E-state index < -0.39 is 0 Å². The number of benzene rings is 1. The van der Waals surface area contributed by atoms with E-state index in [2.05, 4.69) is 20.5 Å². The Bertz CT molecular complexity index is 666. The van der Waals surface area contributed by atoms with Crippen LogP contribution in [0.3, 0.4) is 0 Å². The highest BCUT2D eigenvalue weighted by Gasteiger charge is 2.36. The van der Waals surface area contributed by atoms with Gasteiger partial charge >= 0.3 is 5.97 Å². The second kappa shape index (κ2) is 10.3. The molecule has 0 aromatic heterocycles. The van der Waals surface area contributed by atoms with Gasteiger partial charge in [0.05, 0.1) is 13.0 Å². The number of hydrogen-bond acceptors (Lipinski definition) is 4. The lowest BCUT2D eigenvalue weighted by molar-refractivity contribution is -0.146. The highest BCUT2D eigenvalue weighted by molar-refractivity contribution is 14.0. The van der Waals surface area contributed by atoms with Crippen molar-refractivity contribution in [2.75, 3.05) is 32.6 Å². The van der Waals surface area contributed by atoms with E-state index in [1.807, 2.05) is 31.2 Å². The average Bonchev–Trinajstić information content (AvgIpc) is 2.96. The number of nitrogens with zero attached hydrogens (tertiary/aromatic N) is 2. The van der Waals surface area contributed by atoms with E-state index in [-0.39, 0.29) is 47.7 Å². The molecule has 0 saturated carbocycles. The highest BCUT2D eigenvalue weighted by Crippen LogP contribution is 2.24. The Labute approximate surface area is 171 Å². The van der Waals surface area contributed by atoms with Crippen LogP contribution in [0.1, 0.15) is 19.4 Å². The van der Waals surface area contributed by atoms with Crippen LogP contribution in [-0.4, -0.2) is 50.0 Å². The highest BCUT2D eigenvalue weighted by atomic mass is 127. The number of hydrogen-bond donors (Lipinski definition) is 2. The number of amides is 1. The minimum Gasteiger partial charge on any atom is -0.469 e. The van der Waals surface area contributed by atoms with Gasteiger partial charge in [-0.25, -0.2) is 0 Å². The number of anilines is 1. The van der Waals surface area contributed by atoms with E-state index in [0.717, 1.165) is 23.8 Å². The zero-order chi connectivity index (χ0) is 18.4. The van der Waals surface area contributed by atoms with Crippen molar-refractivity contribution in [2.24, 2.45) is 16.8 Å². The van der Waals surface area contributed by atoms with Crippen molar-refractivity contribution in [2.45, 2.75) is 20.4 Å². The van der Waals surface area contributed by atoms with E-state index in [1.54, 1.807) is 7.05 Å². The Morgan fingerprint density at radius 1 is 1.35 bits per heavy atom. The van der Waals surface area contributed by atoms with Crippen molar-refractivity contribution >= 4 is 47.5 Å². The first-order chi connectivity index (χ1) is 11.9. The molecule has 144 valence electrons. The zero-order valence-corrected chi connectivity index (χ0v) is 17.9. The molecule has 1 aliphatic heterocycles. The number of esters is 1. The van der Waals surface area contributed by atoms with Gasteiger partial charge in [0.15, 0.2) is 5.96 Å². The summed E-state index contributed by atoms with van der Waals surface area (Å²) in [5, 5.41) is 6.09. The van der Waals surface area contributed by atoms with Crippen LogP contribution in [0, 0.1) is 11.8 Å². The molecule has 1 aromatic carbocycles. The van der Waals surface area contributed by atoms with Crippen molar-refractivity contribution in [3.8, 4) is 0 Å². The van der Waals surface area contributed by atoms with Gasteiger partial charge in [0.1, 0.15) is 0 Å². The Hall–Kier alpha value is -1.84. The molecule has 1 amide bonds. The predicted molar refractivity (Wildman–Crippen MR) is 113 cm³/mol. The van der Waals surface area contributed by atoms with Crippen molar-refractivity contribution in [3.05, 3.63) is 29.8 Å². The molecule has 2 N–H and O–H groups in total. The molecular formula is C18H27IN4O3. The molecule has 1 saturated heterocycles. The standard InChI is InChI=1S/C18H26N4O3.HI/c1-12-10-22(11-16(12)17(24)25-4)18(19-3)20-9-14-6-5-7-15(8-14)21-13(2)23;/h5-8,12,16H,9-11H2,1-4H3,(H,19,20)(H,21,23);1H. The molecule has 0 spiro atoms. The molecular weight excluding hydrogens is 447 g/mol. The summed E-state index contributed by atoms with van der Waals surface area (Å²) in [4.78, 5) is 29.4. The molecule has 1 aromatic rings. The lowest BCUT2D eigenvalue weighted by atomic mass is 9.99. The number of carbonyl (C=O) groups is 2. The second-order valence-electron chi connectivity index (χ2n) is 6.29. The monoisotopic (exact) mass is 474 g/mol. The third-order valence-electron chi connectivity index (χ3n) is 4.33. The van der Waals surface area contributed by atoms with E-state index in [4.69, 9.17) is 4.74 Å². The number of rotatable bonds is 4. The van der Waals surface area contributed by atoms with Crippen LogP contribution >= 0.6 is 24.0 Å². The predicted octanol–water partition coefficient (Wildman–Crippen LogP) is 2.08. The SMILES string of the molecule is CN=C(NCc1cccc(NC(C)=O)c1)N1CC(C)C(C(=O)OC)C1.I. The summed E-state index contributed by atoms with van der Waals surface area (Å²) < 4.78 is 4.88. The molecule has 2 rings (SSSR count). The summed E-state index contributed by atoms with van der Waals surface area (Å²) in [6.45, 7) is 5.46. The lowest BCUT2D eigenvalue weighted by Gasteiger charge is -2.21. The molecule has 7 nitrogen and oxygen atoms in total. The Kier molecular flexibility index (Phi) is 8.83. The number of guanidine groups is 1. The minimum absolute atomic E-state index is 0. The first-order valence-corrected chi connectivity index (χ1v) is 8.34. The van der Waals surface area contributed by atoms with Crippen LogP contribution in [-0.2, 0) is 20.9 Å². The fraction of sp³-hybridized carbons (Fsp3) is 0.500. The molecule has 26 heavy (non-hydrogen) atoms. The number of likely N-dealkylation sites (tertiary alicyclic amines) is 1. The maximum Gasteiger partial charge on any atom is 0.310 e. The summed E-state index contributed by atoms with van der Waals surface area (Å²) in [6.07, 6.45) is 0. The van der Waals surface area contributed by atoms with Crippen molar-refractivity contribution in [3.63, 3.8) is 0 Å². The van der Waals surface area contributed by atoms with Crippen LogP contribution in [0.15, 0.2) is 29.3 Å². The van der Waals surface area contributed by atoms with Gasteiger partial charge in [-0.05, 0) is 23.6 Å². The quantitative estimate of drug-likeness (QED) is 0.302. The summed E-state index contributed by atoms with van der Waals surface area (Å²) in [5.74, 6) is 0.568. The molecule has 8 heteroatoms. The number of ether oxygens (including phenoxy) is 1. The van der Waals surface area contributed by atoms with E-state index in [0.29, 0.717) is 13.1 Å². The largest absolute Gasteiger partial charge is 0.469 e. The van der Waals surface area contributed by atoms with Gasteiger partial charge in [0.2, 0.25) is 5.91 Å². The number of methoxy groups -OCH3 is 1. The first-order valence-electron chi connectivity index (χ1n) is 8.34. The van der Waals surface area contributed by atoms with E-state index >= 15 is 0 Å². The van der Waals surface area contributed by atoms with Gasteiger partial charge in [-0.3, -0.25) is 14.6 Å². The van der Waals surface area contributed by atoms with Crippen LogP contribution in [0.4, 0.5) is 5.69 Å². The lowest BCUT2D eigenvalue weighted by Crippen LogP contribution is -2.40. The molecule has 2 atom stereocenters. The summed E-state index contributed by atoms with van der Waals surface area (Å²) >= 11 is 0. The fourth-order valence-corrected chi connectivity index (χ4v) is 3.07. The van der Waals surface area contributed by atoms with Crippen LogP contribution in [0.5, 0.6) is 0 Å². The Balaban J connectivity index is 0.00000338. The average molecular weight is 474 g/mol. The Morgan fingerprint density at radius 3 is 2.69 bits per heavy atom. The number of halogens is 1. The number of nitrogens with one attached hydrogen (secondary N) is 2. The zero-order valence-electron chi connectivity index (χ0n) is 15.6. The third-order valence-corrected chi connectivity index (χ3v) is 4.33. The maximum atomic E-state index is 11.8. The normalized spacial score (nSPS) is 19.5. The van der Waals surface area contributed by atoms with Crippen molar-refractivity contribution in [1.82, 2.24) is 10.2 Å². The van der Waals surface area contributed by atoms with Gasteiger partial charge in [0.25, 0.3) is 0 Å². The fourth-order valence-electron chi connectivity index (χ4n) is 3.07. The summed E-state index contributed by atoms with van der Waals surface area (Å²) in [7, 11) is 3.15. The molecule has 1 heterocycles. The van der Waals surface area contributed by atoms with Gasteiger partial charge in [-0.15, -0.1) is 24.0 Å². The number of aliphatic imine (C=N–C) groups is 1. The second-order valence-corrected chi connectivity index (χ2v) is 6.29. The van der Waals surface area contributed by atoms with Gasteiger partial charge in [-0.2, -0.15) is 0 Å². The van der Waals surface area contributed by atoms with Crippen molar-refractivity contribution < 1.29 is 14.3 Å². The number of carbonyl (C=O) groups excluding carboxylic acids is 2. The molecule has 1 aliphatic rings. The van der Waals surface area contributed by atoms with E-state index in [1.165, 1.54) is 14.0 Å². The smallest absolute Gasteiger partial charge is 0.310 e. The van der Waals surface area contributed by atoms with E-state index in [9.17, 15) is 9.59 Å². The Morgan fingerprint density at radius 2 is 2.08 bits per heavy atom. The molecule has 0 aliphatic carbocycles. The van der Waals surface area contributed by atoms with Crippen molar-refractivity contribution in [1.29, 1.82) is 0 Å². The minimum atomic E-state index is -0.173. The molecule has 0 radical (unpaired) electrons. The van der Waals surface area contributed by atoms with Crippen LogP contribution in [0.25, 0.3) is 0 Å². The molecule has 0 bridgehead atoms. The third kappa shape index (κ3) is 5.86.